The fraction of sp³-hybridized carbons (Fsp3) is 0.750. The highest BCUT2D eigenvalue weighted by Gasteiger charge is 2.55. The Morgan fingerprint density at radius 3 is 2.67 bits per heavy atom. The highest BCUT2D eigenvalue weighted by Crippen LogP contribution is 2.38. The lowest BCUT2D eigenvalue weighted by molar-refractivity contribution is -0.149. The number of aliphatic carboxylic acids is 1. The lowest BCUT2D eigenvalue weighted by Crippen LogP contribution is -2.54. The van der Waals surface area contributed by atoms with Gasteiger partial charge in [-0.25, -0.2) is 9.59 Å². The van der Waals surface area contributed by atoms with Gasteiger partial charge in [-0.15, -0.1) is 0 Å². The Bertz CT molecular complexity index is 592. The molecule has 1 spiro atoms. The topological polar surface area (TPSA) is 107 Å². The van der Waals surface area contributed by atoms with E-state index in [1.807, 2.05) is 6.92 Å². The van der Waals surface area contributed by atoms with Gasteiger partial charge in [-0.05, 0) is 31.6 Å². The maximum absolute atomic E-state index is 12.8. The number of carboxylic acids is 1. The molecule has 0 radical (unpaired) electrons. The molecule has 0 aromatic heterocycles. The molecule has 8 nitrogen and oxygen atoms in total. The fourth-order valence-corrected chi connectivity index (χ4v) is 4.19. The number of hydrogen-bond donors (Lipinski definition) is 2. The molecule has 2 aliphatic heterocycles. The standard InChI is InChI=1S/C16H23N3O5/c1-10-5-2-3-7-16(10)14(23)19(15(24)17-16)9-12(20)18-8-4-6-11(18)13(21)22/h10-11H,2-9H2,1H3,(H,17,24)(H,21,22)/t10?,11-,16?/m1/s1. The van der Waals surface area contributed by atoms with Crippen LogP contribution in [0, 0.1) is 5.92 Å². The second-order valence-electron chi connectivity index (χ2n) is 7.02. The van der Waals surface area contributed by atoms with Gasteiger partial charge in [0.2, 0.25) is 5.91 Å². The summed E-state index contributed by atoms with van der Waals surface area (Å²) in [6.07, 6.45) is 4.36. The average molecular weight is 337 g/mol. The lowest BCUT2D eigenvalue weighted by Gasteiger charge is -2.36. The number of likely N-dealkylation sites (tertiary alicyclic amines) is 1. The van der Waals surface area contributed by atoms with Gasteiger partial charge in [-0.3, -0.25) is 14.5 Å². The highest BCUT2D eigenvalue weighted by molar-refractivity contribution is 6.09. The molecule has 3 atom stereocenters. The minimum Gasteiger partial charge on any atom is -0.480 e. The molecule has 3 fully saturated rings. The van der Waals surface area contributed by atoms with Gasteiger partial charge in [-0.1, -0.05) is 19.8 Å². The zero-order chi connectivity index (χ0) is 17.5. The molecule has 132 valence electrons. The maximum Gasteiger partial charge on any atom is 0.326 e. The first-order valence-electron chi connectivity index (χ1n) is 8.53. The fourth-order valence-electron chi connectivity index (χ4n) is 4.19. The summed E-state index contributed by atoms with van der Waals surface area (Å²) >= 11 is 0. The van der Waals surface area contributed by atoms with Crippen LogP contribution in [-0.2, 0) is 14.4 Å². The van der Waals surface area contributed by atoms with Gasteiger partial charge in [-0.2, -0.15) is 0 Å². The van der Waals surface area contributed by atoms with Crippen molar-refractivity contribution in [2.45, 2.75) is 57.0 Å². The number of hydrogen-bond acceptors (Lipinski definition) is 4. The third kappa shape index (κ3) is 2.53. The van der Waals surface area contributed by atoms with Crippen LogP contribution in [0.15, 0.2) is 0 Å². The third-order valence-electron chi connectivity index (χ3n) is 5.65. The Morgan fingerprint density at radius 1 is 1.25 bits per heavy atom. The minimum absolute atomic E-state index is 0.0290. The normalized spacial score (nSPS) is 33.2. The molecule has 2 saturated heterocycles. The van der Waals surface area contributed by atoms with Crippen molar-refractivity contribution in [1.29, 1.82) is 0 Å². The molecular formula is C16H23N3O5. The van der Waals surface area contributed by atoms with Crippen LogP contribution >= 0.6 is 0 Å². The van der Waals surface area contributed by atoms with Crippen LogP contribution in [0.1, 0.15) is 45.4 Å². The summed E-state index contributed by atoms with van der Waals surface area (Å²) in [5, 5.41) is 12.0. The van der Waals surface area contributed by atoms with Gasteiger partial charge in [0.25, 0.3) is 5.91 Å². The number of carboxylic acid groups (broad SMARTS) is 1. The largest absolute Gasteiger partial charge is 0.480 e. The Hall–Kier alpha value is -2.12. The first-order valence-corrected chi connectivity index (χ1v) is 8.53. The second-order valence-corrected chi connectivity index (χ2v) is 7.02. The Morgan fingerprint density at radius 2 is 2.00 bits per heavy atom. The van der Waals surface area contributed by atoms with Crippen molar-refractivity contribution in [3.8, 4) is 0 Å². The van der Waals surface area contributed by atoms with Crippen LogP contribution in [0.4, 0.5) is 4.79 Å². The molecule has 2 unspecified atom stereocenters. The van der Waals surface area contributed by atoms with Crippen molar-refractivity contribution in [2.24, 2.45) is 5.92 Å². The number of rotatable bonds is 3. The van der Waals surface area contributed by atoms with E-state index >= 15 is 0 Å². The third-order valence-corrected chi connectivity index (χ3v) is 5.65. The molecule has 2 N–H and O–H groups in total. The average Bonchev–Trinajstić information content (AvgIpc) is 3.11. The molecule has 3 rings (SSSR count). The number of amides is 4. The predicted molar refractivity (Wildman–Crippen MR) is 83.0 cm³/mol. The summed E-state index contributed by atoms with van der Waals surface area (Å²) < 4.78 is 0. The number of carbonyl (C=O) groups excluding carboxylic acids is 3. The smallest absolute Gasteiger partial charge is 0.326 e. The van der Waals surface area contributed by atoms with E-state index in [1.54, 1.807) is 0 Å². The minimum atomic E-state index is -1.05. The van der Waals surface area contributed by atoms with Gasteiger partial charge in [0, 0.05) is 6.54 Å². The highest BCUT2D eigenvalue weighted by atomic mass is 16.4. The van der Waals surface area contributed by atoms with Crippen LogP contribution in [-0.4, -0.2) is 63.4 Å². The van der Waals surface area contributed by atoms with E-state index in [0.717, 1.165) is 24.2 Å². The zero-order valence-corrected chi connectivity index (χ0v) is 13.8. The number of imide groups is 1. The number of carbonyl (C=O) groups is 4. The van der Waals surface area contributed by atoms with E-state index < -0.39 is 29.5 Å². The summed E-state index contributed by atoms with van der Waals surface area (Å²) in [5.41, 5.74) is -0.896. The van der Waals surface area contributed by atoms with E-state index in [9.17, 15) is 24.3 Å². The molecule has 1 aliphatic carbocycles. The van der Waals surface area contributed by atoms with Gasteiger partial charge in [0.1, 0.15) is 18.1 Å². The summed E-state index contributed by atoms with van der Waals surface area (Å²) in [6, 6.07) is -1.41. The summed E-state index contributed by atoms with van der Waals surface area (Å²) in [6.45, 7) is 1.91. The molecule has 0 aromatic rings. The molecule has 3 aliphatic rings. The molecule has 0 bridgehead atoms. The molecule has 4 amide bonds. The maximum atomic E-state index is 12.8. The van der Waals surface area contributed by atoms with E-state index in [2.05, 4.69) is 5.32 Å². The van der Waals surface area contributed by atoms with Crippen molar-refractivity contribution in [2.75, 3.05) is 13.1 Å². The summed E-state index contributed by atoms with van der Waals surface area (Å²) in [7, 11) is 0. The second kappa shape index (κ2) is 6.07. The predicted octanol–water partition coefficient (Wildman–Crippen LogP) is 0.563. The van der Waals surface area contributed by atoms with Crippen LogP contribution in [0.2, 0.25) is 0 Å². The Labute approximate surface area is 140 Å². The lowest BCUT2D eigenvalue weighted by atomic mass is 9.73. The van der Waals surface area contributed by atoms with E-state index in [0.29, 0.717) is 25.8 Å². The van der Waals surface area contributed by atoms with Crippen molar-refractivity contribution in [3.05, 3.63) is 0 Å². The van der Waals surface area contributed by atoms with E-state index in [1.165, 1.54) is 4.90 Å². The van der Waals surface area contributed by atoms with Crippen molar-refractivity contribution in [3.63, 3.8) is 0 Å². The summed E-state index contributed by atoms with van der Waals surface area (Å²) in [5.74, 6) is -1.85. The molecule has 24 heavy (non-hydrogen) atoms. The van der Waals surface area contributed by atoms with Crippen molar-refractivity contribution < 1.29 is 24.3 Å². The van der Waals surface area contributed by atoms with Crippen LogP contribution in [0.5, 0.6) is 0 Å². The number of nitrogens with zero attached hydrogens (tertiary/aromatic N) is 2. The van der Waals surface area contributed by atoms with Crippen molar-refractivity contribution in [1.82, 2.24) is 15.1 Å². The van der Waals surface area contributed by atoms with E-state index in [-0.39, 0.29) is 18.4 Å². The van der Waals surface area contributed by atoms with Gasteiger partial charge in [0.15, 0.2) is 0 Å². The van der Waals surface area contributed by atoms with Crippen LogP contribution < -0.4 is 5.32 Å². The quantitative estimate of drug-likeness (QED) is 0.732. The number of urea groups is 1. The molecule has 0 aromatic carbocycles. The first kappa shape index (κ1) is 16.7. The molecule has 2 heterocycles. The van der Waals surface area contributed by atoms with E-state index in [4.69, 9.17) is 0 Å². The monoisotopic (exact) mass is 337 g/mol. The molecule has 1 saturated carbocycles. The molecular weight excluding hydrogens is 314 g/mol. The molecule has 8 heteroatoms. The van der Waals surface area contributed by atoms with Crippen LogP contribution in [0.3, 0.4) is 0 Å². The van der Waals surface area contributed by atoms with Gasteiger partial charge >= 0.3 is 12.0 Å². The van der Waals surface area contributed by atoms with Gasteiger partial charge < -0.3 is 15.3 Å². The Balaban J connectivity index is 1.73. The summed E-state index contributed by atoms with van der Waals surface area (Å²) in [4.78, 5) is 51.0. The van der Waals surface area contributed by atoms with Crippen molar-refractivity contribution >= 4 is 23.8 Å². The van der Waals surface area contributed by atoms with Gasteiger partial charge in [0.05, 0.1) is 0 Å². The van der Waals surface area contributed by atoms with Crippen LogP contribution in [0.25, 0.3) is 0 Å². The number of nitrogens with one attached hydrogen (secondary N) is 1. The Kier molecular flexibility index (Phi) is 4.23. The SMILES string of the molecule is CC1CCCCC12NC(=O)N(CC(=O)N1CCC[C@@H]1C(=O)O)C2=O. The zero-order valence-electron chi connectivity index (χ0n) is 13.8. The first-order chi connectivity index (χ1) is 11.4.